The third-order valence-corrected chi connectivity index (χ3v) is 6.69. The largest absolute Gasteiger partial charge is 0.480 e. The van der Waals surface area contributed by atoms with Gasteiger partial charge in [-0.1, -0.05) is 25.1 Å². The maximum Gasteiger partial charge on any atom is 0.313 e. The lowest BCUT2D eigenvalue weighted by molar-refractivity contribution is -0.146. The average molecular weight is 453 g/mol. The highest BCUT2D eigenvalue weighted by atomic mass is 32.1. The van der Waals surface area contributed by atoms with Gasteiger partial charge in [-0.25, -0.2) is 4.98 Å². The van der Waals surface area contributed by atoms with Crippen LogP contribution in [0.2, 0.25) is 0 Å². The summed E-state index contributed by atoms with van der Waals surface area (Å²) in [5.74, 6) is -1.81. The smallest absolute Gasteiger partial charge is 0.313 e. The molecule has 32 heavy (non-hydrogen) atoms. The Bertz CT molecular complexity index is 1190. The van der Waals surface area contributed by atoms with E-state index in [0.29, 0.717) is 6.54 Å². The van der Waals surface area contributed by atoms with Crippen LogP contribution in [0, 0.1) is 5.92 Å². The fourth-order valence-corrected chi connectivity index (χ4v) is 5.14. The van der Waals surface area contributed by atoms with Crippen LogP contribution in [0.3, 0.4) is 0 Å². The highest BCUT2D eigenvalue weighted by Crippen LogP contribution is 2.39. The molecular weight excluding hydrogens is 428 g/mol. The van der Waals surface area contributed by atoms with Crippen molar-refractivity contribution >= 4 is 44.8 Å². The molecule has 2 aromatic heterocycles. The molecule has 3 aromatic rings. The molecule has 9 heteroatoms. The first-order valence-electron chi connectivity index (χ1n) is 10.3. The number of rotatable bonds is 4. The van der Waals surface area contributed by atoms with Crippen molar-refractivity contribution < 1.29 is 19.1 Å². The molecule has 0 saturated carbocycles. The number of nitrogens with one attached hydrogen (secondary N) is 1. The fraction of sp³-hybridized carbons (Fsp3) is 0.304. The molecule has 8 nitrogen and oxygen atoms in total. The molecule has 3 heterocycles. The van der Waals surface area contributed by atoms with Gasteiger partial charge >= 0.3 is 11.8 Å². The van der Waals surface area contributed by atoms with E-state index in [0.717, 1.165) is 28.5 Å². The SMILES string of the molecule is COc1ncc(NC(=O)C(=O)N2C[C@@H](C)CC[C@@H]2c2csc3ccccc23)cc1C(N)=O. The Morgan fingerprint density at radius 1 is 1.25 bits per heavy atom. The molecule has 1 aliphatic heterocycles. The zero-order valence-electron chi connectivity index (χ0n) is 17.8. The van der Waals surface area contributed by atoms with Crippen molar-refractivity contribution in [1.82, 2.24) is 9.88 Å². The Morgan fingerprint density at radius 2 is 2.03 bits per heavy atom. The first-order valence-corrected chi connectivity index (χ1v) is 11.2. The summed E-state index contributed by atoms with van der Waals surface area (Å²) in [6.07, 6.45) is 3.08. The van der Waals surface area contributed by atoms with Crippen LogP contribution in [0.5, 0.6) is 5.88 Å². The van der Waals surface area contributed by atoms with Crippen LogP contribution in [0.4, 0.5) is 5.69 Å². The lowest BCUT2D eigenvalue weighted by Gasteiger charge is -2.38. The summed E-state index contributed by atoms with van der Waals surface area (Å²) in [6, 6.07) is 9.26. The van der Waals surface area contributed by atoms with E-state index >= 15 is 0 Å². The number of methoxy groups -OCH3 is 1. The summed E-state index contributed by atoms with van der Waals surface area (Å²) in [4.78, 5) is 43.3. The van der Waals surface area contributed by atoms with E-state index in [-0.39, 0.29) is 29.1 Å². The normalized spacial score (nSPS) is 18.4. The lowest BCUT2D eigenvalue weighted by atomic mass is 9.89. The van der Waals surface area contributed by atoms with Crippen LogP contribution in [-0.2, 0) is 9.59 Å². The molecule has 166 valence electrons. The third-order valence-electron chi connectivity index (χ3n) is 5.71. The number of hydrogen-bond donors (Lipinski definition) is 2. The third kappa shape index (κ3) is 4.16. The Balaban J connectivity index is 1.59. The van der Waals surface area contributed by atoms with Gasteiger partial charge in [0.05, 0.1) is 25.0 Å². The van der Waals surface area contributed by atoms with Crippen molar-refractivity contribution in [1.29, 1.82) is 0 Å². The summed E-state index contributed by atoms with van der Waals surface area (Å²) in [7, 11) is 1.36. The molecule has 1 aromatic carbocycles. The van der Waals surface area contributed by atoms with E-state index in [1.165, 1.54) is 19.4 Å². The number of fused-ring (bicyclic) bond motifs is 1. The number of pyridine rings is 1. The second kappa shape index (κ2) is 8.96. The predicted molar refractivity (Wildman–Crippen MR) is 123 cm³/mol. The van der Waals surface area contributed by atoms with E-state index in [9.17, 15) is 14.4 Å². The van der Waals surface area contributed by atoms with E-state index < -0.39 is 17.7 Å². The van der Waals surface area contributed by atoms with Gasteiger partial charge < -0.3 is 20.7 Å². The maximum absolute atomic E-state index is 13.2. The second-order valence-corrected chi connectivity index (χ2v) is 8.85. The number of nitrogens with zero attached hydrogens (tertiary/aromatic N) is 2. The minimum absolute atomic E-state index is 0.0203. The van der Waals surface area contributed by atoms with Crippen molar-refractivity contribution in [3.8, 4) is 5.88 Å². The van der Waals surface area contributed by atoms with Crippen molar-refractivity contribution in [2.45, 2.75) is 25.8 Å². The van der Waals surface area contributed by atoms with Crippen LogP contribution in [0.15, 0.2) is 41.9 Å². The number of carbonyl (C=O) groups excluding carboxylic acids is 3. The summed E-state index contributed by atoms with van der Waals surface area (Å²) in [5, 5.41) is 5.74. The van der Waals surface area contributed by atoms with Gasteiger partial charge in [0.15, 0.2) is 0 Å². The number of likely N-dealkylation sites (tertiary alicyclic amines) is 1. The van der Waals surface area contributed by atoms with Gasteiger partial charge in [0.2, 0.25) is 5.88 Å². The van der Waals surface area contributed by atoms with Crippen molar-refractivity contribution in [3.05, 3.63) is 53.0 Å². The fourth-order valence-electron chi connectivity index (χ4n) is 4.13. The van der Waals surface area contributed by atoms with E-state index in [1.807, 2.05) is 12.1 Å². The van der Waals surface area contributed by atoms with Gasteiger partial charge in [0, 0.05) is 11.2 Å². The summed E-state index contributed by atoms with van der Waals surface area (Å²) in [5.41, 5.74) is 6.64. The Morgan fingerprint density at radius 3 is 2.78 bits per heavy atom. The van der Waals surface area contributed by atoms with Gasteiger partial charge in [0.1, 0.15) is 5.56 Å². The number of nitrogens with two attached hydrogens (primary N) is 1. The monoisotopic (exact) mass is 452 g/mol. The molecule has 1 fully saturated rings. The number of aromatic nitrogens is 1. The summed E-state index contributed by atoms with van der Waals surface area (Å²) >= 11 is 1.64. The minimum Gasteiger partial charge on any atom is -0.480 e. The number of primary amides is 1. The molecule has 0 bridgehead atoms. The first kappa shape index (κ1) is 21.8. The van der Waals surface area contributed by atoms with E-state index in [1.54, 1.807) is 16.2 Å². The summed E-state index contributed by atoms with van der Waals surface area (Å²) < 4.78 is 6.17. The maximum atomic E-state index is 13.2. The Hall–Kier alpha value is -3.46. The number of thiophene rings is 1. The van der Waals surface area contributed by atoms with Gasteiger partial charge in [-0.15, -0.1) is 11.3 Å². The van der Waals surface area contributed by atoms with Crippen molar-refractivity contribution in [2.75, 3.05) is 19.0 Å². The molecule has 0 radical (unpaired) electrons. The molecule has 3 amide bonds. The van der Waals surface area contributed by atoms with Crippen LogP contribution < -0.4 is 15.8 Å². The van der Waals surface area contributed by atoms with Crippen LogP contribution in [-0.4, -0.2) is 41.3 Å². The number of benzene rings is 1. The molecule has 0 spiro atoms. The average Bonchev–Trinajstić information content (AvgIpc) is 3.22. The van der Waals surface area contributed by atoms with Gasteiger partial charge in [-0.2, -0.15) is 0 Å². The molecule has 1 saturated heterocycles. The number of piperidine rings is 1. The van der Waals surface area contributed by atoms with E-state index in [4.69, 9.17) is 10.5 Å². The predicted octanol–water partition coefficient (Wildman–Crippen LogP) is 3.34. The zero-order chi connectivity index (χ0) is 22.8. The molecule has 3 N–H and O–H groups in total. The molecule has 0 unspecified atom stereocenters. The molecular formula is C23H24N4O4S. The highest BCUT2D eigenvalue weighted by molar-refractivity contribution is 7.17. The van der Waals surface area contributed by atoms with Crippen molar-refractivity contribution in [2.24, 2.45) is 11.7 Å². The van der Waals surface area contributed by atoms with Crippen LogP contribution in [0.1, 0.15) is 41.7 Å². The number of ether oxygens (including phenoxy) is 1. The molecule has 4 rings (SSSR count). The topological polar surface area (TPSA) is 115 Å². The zero-order valence-corrected chi connectivity index (χ0v) is 18.6. The van der Waals surface area contributed by atoms with Gasteiger partial charge in [0.25, 0.3) is 5.91 Å². The van der Waals surface area contributed by atoms with Gasteiger partial charge in [-0.05, 0) is 47.2 Å². The quantitative estimate of drug-likeness (QED) is 0.589. The number of amides is 3. The van der Waals surface area contributed by atoms with E-state index in [2.05, 4.69) is 34.7 Å². The Kier molecular flexibility index (Phi) is 6.09. The number of hydrogen-bond acceptors (Lipinski definition) is 6. The highest BCUT2D eigenvalue weighted by Gasteiger charge is 2.35. The first-order chi connectivity index (χ1) is 15.4. The minimum atomic E-state index is -0.786. The second-order valence-electron chi connectivity index (χ2n) is 7.94. The van der Waals surface area contributed by atoms with Crippen LogP contribution in [0.25, 0.3) is 10.1 Å². The van der Waals surface area contributed by atoms with Gasteiger partial charge in [-0.3, -0.25) is 14.4 Å². The molecule has 2 atom stereocenters. The summed E-state index contributed by atoms with van der Waals surface area (Å²) in [6.45, 7) is 2.57. The number of anilines is 1. The van der Waals surface area contributed by atoms with Crippen LogP contribution >= 0.6 is 11.3 Å². The Labute approximate surface area is 189 Å². The molecule has 1 aliphatic rings. The number of carbonyl (C=O) groups is 3. The molecule has 0 aliphatic carbocycles. The lowest BCUT2D eigenvalue weighted by Crippen LogP contribution is -2.46. The van der Waals surface area contributed by atoms with Crippen molar-refractivity contribution in [3.63, 3.8) is 0 Å². The standard InChI is InChI=1S/C23H24N4O4S/c1-13-7-8-18(17-12-32-19-6-4-3-5-15(17)19)27(11-13)23(30)21(29)26-14-9-16(20(24)28)22(31-2)25-10-14/h3-6,9-10,12-13,18H,7-8,11H2,1-2H3,(H2,24,28)(H,26,29)/t13-,18+/m0/s1.